The molecule has 6 heteroatoms. The molecule has 3 rings (SSSR count). The van der Waals surface area contributed by atoms with E-state index >= 15 is 0 Å². The van der Waals surface area contributed by atoms with E-state index < -0.39 is 0 Å². The third-order valence-corrected chi connectivity index (χ3v) is 6.07. The minimum atomic E-state index is -0.266. The number of carbonyl (C=O) groups excluding carboxylic acids is 1. The topological polar surface area (TPSA) is 42.0 Å². The molecule has 0 aromatic heterocycles. The molecule has 172 valence electrons. The van der Waals surface area contributed by atoms with Crippen molar-refractivity contribution < 1.29 is 18.7 Å². The third-order valence-electron chi connectivity index (χ3n) is 6.07. The molecule has 1 fully saturated rings. The lowest BCUT2D eigenvalue weighted by atomic mass is 10.1. The summed E-state index contributed by atoms with van der Waals surface area (Å²) in [6.45, 7) is 4.09. The summed E-state index contributed by atoms with van der Waals surface area (Å²) in [5.74, 6) is 0.761. The zero-order valence-electron chi connectivity index (χ0n) is 19.4. The van der Waals surface area contributed by atoms with Crippen LogP contribution in [0.15, 0.2) is 48.0 Å². The number of nitrogens with zero attached hydrogens (tertiary/aromatic N) is 2. The van der Waals surface area contributed by atoms with Crippen molar-refractivity contribution in [3.05, 3.63) is 65.0 Å². The van der Waals surface area contributed by atoms with Crippen molar-refractivity contribution in [2.75, 3.05) is 40.9 Å². The quantitative estimate of drug-likeness (QED) is 0.558. The molecule has 0 radical (unpaired) electrons. The van der Waals surface area contributed by atoms with Gasteiger partial charge < -0.3 is 19.3 Å². The lowest BCUT2D eigenvalue weighted by molar-refractivity contribution is 0.0757. The van der Waals surface area contributed by atoms with Crippen molar-refractivity contribution in [1.82, 2.24) is 9.80 Å². The van der Waals surface area contributed by atoms with Crippen LogP contribution in [0.3, 0.4) is 0 Å². The first-order chi connectivity index (χ1) is 15.4. The molecule has 1 saturated heterocycles. The SMILES string of the molecule is COc1ccc(C(=O)N(CCC2CCCN2C)CC(C)=Cc2ccccc2F)cc1OC. The number of benzene rings is 2. The Hall–Kier alpha value is -2.86. The fourth-order valence-electron chi connectivity index (χ4n) is 4.26. The van der Waals surface area contributed by atoms with Crippen molar-refractivity contribution in [2.45, 2.75) is 32.2 Å². The number of carbonyl (C=O) groups is 1. The summed E-state index contributed by atoms with van der Waals surface area (Å²) in [4.78, 5) is 17.7. The monoisotopic (exact) mass is 440 g/mol. The van der Waals surface area contributed by atoms with Crippen LogP contribution in [0, 0.1) is 5.82 Å². The summed E-state index contributed by atoms with van der Waals surface area (Å²) in [6.07, 6.45) is 5.06. The van der Waals surface area contributed by atoms with Gasteiger partial charge in [0.05, 0.1) is 14.2 Å². The van der Waals surface area contributed by atoms with E-state index in [0.29, 0.717) is 41.8 Å². The van der Waals surface area contributed by atoms with Crippen molar-refractivity contribution in [2.24, 2.45) is 0 Å². The molecule has 0 spiro atoms. The van der Waals surface area contributed by atoms with Gasteiger partial charge in [0.15, 0.2) is 11.5 Å². The van der Waals surface area contributed by atoms with Gasteiger partial charge in [-0.25, -0.2) is 4.39 Å². The lowest BCUT2D eigenvalue weighted by Crippen LogP contribution is -2.37. The molecule has 32 heavy (non-hydrogen) atoms. The molecule has 0 N–H and O–H groups in total. The summed E-state index contributed by atoms with van der Waals surface area (Å²) in [7, 11) is 5.27. The molecule has 1 aliphatic rings. The molecule has 0 saturated carbocycles. The van der Waals surface area contributed by atoms with Gasteiger partial charge in [0, 0.05) is 30.3 Å². The van der Waals surface area contributed by atoms with E-state index in [0.717, 1.165) is 25.0 Å². The van der Waals surface area contributed by atoms with Crippen molar-refractivity contribution in [3.63, 3.8) is 0 Å². The molecular formula is C26H33FN2O3. The predicted octanol–water partition coefficient (Wildman–Crippen LogP) is 4.87. The molecule has 2 aromatic carbocycles. The van der Waals surface area contributed by atoms with E-state index in [-0.39, 0.29) is 11.7 Å². The fraction of sp³-hybridized carbons (Fsp3) is 0.423. The second kappa shape index (κ2) is 11.1. The van der Waals surface area contributed by atoms with E-state index in [1.807, 2.05) is 24.0 Å². The number of hydrogen-bond donors (Lipinski definition) is 0. The largest absolute Gasteiger partial charge is 0.493 e. The van der Waals surface area contributed by atoms with E-state index in [4.69, 9.17) is 9.47 Å². The highest BCUT2D eigenvalue weighted by Crippen LogP contribution is 2.28. The normalized spacial score (nSPS) is 16.8. The molecule has 0 bridgehead atoms. The van der Waals surface area contributed by atoms with Gasteiger partial charge in [0.1, 0.15) is 5.82 Å². The Bertz CT molecular complexity index is 960. The van der Waals surface area contributed by atoms with Gasteiger partial charge in [-0.05, 0) is 64.0 Å². The van der Waals surface area contributed by atoms with Crippen LogP contribution in [0.5, 0.6) is 11.5 Å². The number of likely N-dealkylation sites (tertiary alicyclic amines) is 1. The van der Waals surface area contributed by atoms with Gasteiger partial charge in [0.2, 0.25) is 0 Å². The predicted molar refractivity (Wildman–Crippen MR) is 126 cm³/mol. The Labute approximate surface area is 190 Å². The third kappa shape index (κ3) is 5.88. The second-order valence-electron chi connectivity index (χ2n) is 8.37. The molecule has 5 nitrogen and oxygen atoms in total. The van der Waals surface area contributed by atoms with Gasteiger partial charge in [0.25, 0.3) is 5.91 Å². The summed E-state index contributed by atoms with van der Waals surface area (Å²) in [5, 5.41) is 0. The average Bonchev–Trinajstić information content (AvgIpc) is 3.21. The number of hydrogen-bond acceptors (Lipinski definition) is 4. The van der Waals surface area contributed by atoms with Crippen molar-refractivity contribution in [3.8, 4) is 11.5 Å². The number of methoxy groups -OCH3 is 2. The van der Waals surface area contributed by atoms with Crippen molar-refractivity contribution in [1.29, 1.82) is 0 Å². The number of rotatable bonds is 9. The Morgan fingerprint density at radius 2 is 1.94 bits per heavy atom. The van der Waals surface area contributed by atoms with Crippen LogP contribution in [-0.2, 0) is 0 Å². The van der Waals surface area contributed by atoms with Gasteiger partial charge in [-0.3, -0.25) is 4.79 Å². The van der Waals surface area contributed by atoms with Crippen LogP contribution < -0.4 is 9.47 Å². The maximum atomic E-state index is 14.1. The minimum Gasteiger partial charge on any atom is -0.493 e. The van der Waals surface area contributed by atoms with Crippen LogP contribution in [0.25, 0.3) is 6.08 Å². The van der Waals surface area contributed by atoms with Gasteiger partial charge in [-0.1, -0.05) is 29.8 Å². The van der Waals surface area contributed by atoms with E-state index in [2.05, 4.69) is 11.9 Å². The van der Waals surface area contributed by atoms with Crippen molar-refractivity contribution >= 4 is 12.0 Å². The Morgan fingerprint density at radius 1 is 1.19 bits per heavy atom. The summed E-state index contributed by atoms with van der Waals surface area (Å²) < 4.78 is 24.8. The molecule has 1 aliphatic heterocycles. The molecular weight excluding hydrogens is 407 g/mol. The lowest BCUT2D eigenvalue weighted by Gasteiger charge is -2.27. The van der Waals surface area contributed by atoms with Crippen LogP contribution in [0.1, 0.15) is 42.1 Å². The Morgan fingerprint density at radius 3 is 2.59 bits per heavy atom. The second-order valence-corrected chi connectivity index (χ2v) is 8.37. The van der Waals surface area contributed by atoms with Crippen LogP contribution in [-0.4, -0.2) is 62.7 Å². The number of amides is 1. The van der Waals surface area contributed by atoms with E-state index in [1.165, 1.54) is 12.5 Å². The molecule has 0 aliphatic carbocycles. The molecule has 1 heterocycles. The van der Waals surface area contributed by atoms with Crippen LogP contribution >= 0.6 is 0 Å². The molecule has 1 atom stereocenters. The van der Waals surface area contributed by atoms with Gasteiger partial charge in [-0.15, -0.1) is 0 Å². The summed E-state index contributed by atoms with van der Waals surface area (Å²) in [5.41, 5.74) is 1.99. The first kappa shape index (κ1) is 23.8. The van der Waals surface area contributed by atoms with Crippen LogP contribution in [0.2, 0.25) is 0 Å². The zero-order valence-corrected chi connectivity index (χ0v) is 19.4. The van der Waals surface area contributed by atoms with Crippen LogP contribution in [0.4, 0.5) is 4.39 Å². The number of halogens is 1. The van der Waals surface area contributed by atoms with Gasteiger partial charge in [-0.2, -0.15) is 0 Å². The van der Waals surface area contributed by atoms with E-state index in [1.54, 1.807) is 44.6 Å². The highest BCUT2D eigenvalue weighted by atomic mass is 19.1. The molecule has 1 amide bonds. The zero-order chi connectivity index (χ0) is 23.1. The minimum absolute atomic E-state index is 0.0760. The number of ether oxygens (including phenoxy) is 2. The fourth-order valence-corrected chi connectivity index (χ4v) is 4.26. The summed E-state index contributed by atoms with van der Waals surface area (Å²) in [6, 6.07) is 12.4. The average molecular weight is 441 g/mol. The first-order valence-corrected chi connectivity index (χ1v) is 11.1. The maximum absolute atomic E-state index is 14.1. The molecule has 2 aromatic rings. The first-order valence-electron chi connectivity index (χ1n) is 11.1. The maximum Gasteiger partial charge on any atom is 0.254 e. The Balaban J connectivity index is 1.82. The standard InChI is InChI=1S/C26H33FN2O3/c1-19(16-20-8-5-6-10-23(20)27)18-29(15-13-22-9-7-14-28(22)2)26(30)21-11-12-24(31-3)25(17-21)32-4/h5-6,8,10-12,16-17,22H,7,9,13-15,18H2,1-4H3. The highest BCUT2D eigenvalue weighted by molar-refractivity contribution is 5.95. The Kier molecular flexibility index (Phi) is 8.28. The van der Waals surface area contributed by atoms with Gasteiger partial charge >= 0.3 is 0 Å². The summed E-state index contributed by atoms with van der Waals surface area (Å²) >= 11 is 0. The highest BCUT2D eigenvalue weighted by Gasteiger charge is 2.24. The molecule has 1 unspecified atom stereocenters. The smallest absolute Gasteiger partial charge is 0.254 e. The van der Waals surface area contributed by atoms with E-state index in [9.17, 15) is 9.18 Å².